The predicted octanol–water partition coefficient (Wildman–Crippen LogP) is 12.1. The van der Waals surface area contributed by atoms with E-state index >= 15 is 0 Å². The van der Waals surface area contributed by atoms with Crippen LogP contribution in [0.1, 0.15) is 0 Å². The Morgan fingerprint density at radius 1 is 0.400 bits per heavy atom. The highest BCUT2D eigenvalue weighted by molar-refractivity contribution is 6.11. The third kappa shape index (κ3) is 4.61. The molecule has 4 nitrogen and oxygen atoms in total. The molecule has 0 unspecified atom stereocenters. The summed E-state index contributed by atoms with van der Waals surface area (Å²) in [6.45, 7) is 0. The Kier molecular flexibility index (Phi) is 6.46. The molecule has 0 fully saturated rings. The molecule has 0 aliphatic carbocycles. The molecule has 0 N–H and O–H groups in total. The summed E-state index contributed by atoms with van der Waals surface area (Å²) in [6, 6.07) is 61.5. The first kappa shape index (κ1) is 28.3. The Bertz CT molecular complexity index is 2850. The summed E-state index contributed by atoms with van der Waals surface area (Å²) < 4.78 is 9.00. The fraction of sp³-hybridized carbons (Fsp3) is 0. The van der Waals surface area contributed by atoms with Gasteiger partial charge in [0.25, 0.3) is 0 Å². The van der Waals surface area contributed by atoms with E-state index in [0.29, 0.717) is 11.4 Å². The summed E-state index contributed by atoms with van der Waals surface area (Å²) in [7, 11) is 0. The first-order chi connectivity index (χ1) is 24.8. The molecule has 0 atom stereocenters. The number of fused-ring (bicyclic) bond motifs is 6. The van der Waals surface area contributed by atoms with Crippen LogP contribution in [-0.2, 0) is 0 Å². The van der Waals surface area contributed by atoms with Crippen molar-refractivity contribution in [2.45, 2.75) is 0 Å². The molecular formula is C46H29N3O. The summed E-state index contributed by atoms with van der Waals surface area (Å²) in [5.74, 6) is 0.679. The monoisotopic (exact) mass is 639 g/mol. The van der Waals surface area contributed by atoms with Crippen molar-refractivity contribution in [2.24, 2.45) is 0 Å². The number of hydrogen-bond donors (Lipinski definition) is 0. The molecule has 234 valence electrons. The highest BCUT2D eigenvalue weighted by Gasteiger charge is 2.19. The third-order valence-corrected chi connectivity index (χ3v) is 9.61. The van der Waals surface area contributed by atoms with Gasteiger partial charge in [0, 0.05) is 33.0 Å². The first-order valence-corrected chi connectivity index (χ1v) is 16.8. The number of furan rings is 1. The zero-order valence-corrected chi connectivity index (χ0v) is 27.0. The molecule has 0 saturated heterocycles. The number of rotatable bonds is 5. The second-order valence-electron chi connectivity index (χ2n) is 12.6. The smallest absolute Gasteiger partial charge is 0.180 e. The zero-order chi connectivity index (χ0) is 33.0. The van der Waals surface area contributed by atoms with Crippen LogP contribution in [-0.4, -0.2) is 14.5 Å². The lowest BCUT2D eigenvalue weighted by atomic mass is 10.0. The largest absolute Gasteiger partial charge is 0.452 e. The minimum atomic E-state index is 0.679. The molecule has 0 amide bonds. The Morgan fingerprint density at radius 3 is 1.82 bits per heavy atom. The highest BCUT2D eigenvalue weighted by Crippen LogP contribution is 2.39. The van der Waals surface area contributed by atoms with Gasteiger partial charge in [-0.15, -0.1) is 0 Å². The molecule has 3 heterocycles. The summed E-state index contributed by atoms with van der Waals surface area (Å²) in [4.78, 5) is 10.1. The van der Waals surface area contributed by atoms with Crippen molar-refractivity contribution in [2.75, 3.05) is 0 Å². The first-order valence-electron chi connectivity index (χ1n) is 16.8. The number of nitrogens with zero attached hydrogens (tertiary/aromatic N) is 3. The van der Waals surface area contributed by atoms with Crippen LogP contribution in [0, 0.1) is 0 Å². The minimum absolute atomic E-state index is 0.679. The third-order valence-electron chi connectivity index (χ3n) is 9.61. The maximum absolute atomic E-state index is 6.63. The molecule has 3 aromatic heterocycles. The Hall–Kier alpha value is -6.78. The van der Waals surface area contributed by atoms with E-state index in [9.17, 15) is 0 Å². The molecule has 4 heteroatoms. The van der Waals surface area contributed by atoms with E-state index in [1.54, 1.807) is 0 Å². The van der Waals surface area contributed by atoms with Gasteiger partial charge < -0.3 is 8.98 Å². The number of aromatic nitrogens is 3. The van der Waals surface area contributed by atoms with Gasteiger partial charge in [-0.2, -0.15) is 0 Å². The molecule has 50 heavy (non-hydrogen) atoms. The summed E-state index contributed by atoms with van der Waals surface area (Å²) >= 11 is 0. The summed E-state index contributed by atoms with van der Waals surface area (Å²) in [5.41, 5.74) is 13.1. The van der Waals surface area contributed by atoms with Crippen LogP contribution in [0.5, 0.6) is 0 Å². The Morgan fingerprint density at radius 2 is 1.02 bits per heavy atom. The van der Waals surface area contributed by atoms with Gasteiger partial charge in [0.05, 0.1) is 11.0 Å². The minimum Gasteiger partial charge on any atom is -0.452 e. The quantitative estimate of drug-likeness (QED) is 0.188. The number of benzene rings is 7. The van der Waals surface area contributed by atoms with Crippen LogP contribution in [0.3, 0.4) is 0 Å². The molecule has 0 spiro atoms. The van der Waals surface area contributed by atoms with Gasteiger partial charge in [-0.05, 0) is 64.7 Å². The molecule has 0 saturated carbocycles. The Balaban J connectivity index is 1.12. The molecule has 0 aliphatic heterocycles. The van der Waals surface area contributed by atoms with Gasteiger partial charge in [-0.3, -0.25) is 0 Å². The second-order valence-corrected chi connectivity index (χ2v) is 12.6. The molecule has 10 aromatic rings. The van der Waals surface area contributed by atoms with Crippen molar-refractivity contribution in [3.63, 3.8) is 0 Å². The Labute approximate surface area is 288 Å². The average Bonchev–Trinajstić information content (AvgIpc) is 3.73. The SMILES string of the molecule is c1ccc(-c2ccc3c(c2)c2ccccc2n3-c2cccc(-c3ccc4c(c3)oc3c(-c5ccccc5)nc(-c5ccccc5)nc34)c2)cc1. The van der Waals surface area contributed by atoms with E-state index < -0.39 is 0 Å². The van der Waals surface area contributed by atoms with E-state index in [2.05, 4.69) is 132 Å². The van der Waals surface area contributed by atoms with E-state index in [4.69, 9.17) is 14.4 Å². The molecule has 0 radical (unpaired) electrons. The van der Waals surface area contributed by atoms with Crippen molar-refractivity contribution in [3.8, 4) is 50.6 Å². The number of para-hydroxylation sites is 1. The lowest BCUT2D eigenvalue weighted by Crippen LogP contribution is -1.94. The molecule has 0 aliphatic rings. The van der Waals surface area contributed by atoms with Crippen molar-refractivity contribution >= 4 is 43.9 Å². The molecule has 10 rings (SSSR count). The number of hydrogen-bond acceptors (Lipinski definition) is 3. The standard InChI is InChI=1S/C46H29N3O/c1-4-13-30(14-5-1)34-24-26-41-39(28-34)37-21-10-11-22-40(37)49(41)36-20-12-19-33(27-36)35-23-25-38-42(29-35)50-45-43(31-15-6-2-7-16-31)47-46(48-44(38)45)32-17-8-3-9-18-32/h1-29H. The topological polar surface area (TPSA) is 43.9 Å². The van der Waals surface area contributed by atoms with Gasteiger partial charge in [0.15, 0.2) is 11.4 Å². The zero-order valence-electron chi connectivity index (χ0n) is 27.0. The molecule has 0 bridgehead atoms. The molecular weight excluding hydrogens is 611 g/mol. The van der Waals surface area contributed by atoms with E-state index in [0.717, 1.165) is 50.1 Å². The lowest BCUT2D eigenvalue weighted by Gasteiger charge is -2.11. The van der Waals surface area contributed by atoms with Crippen molar-refractivity contribution in [3.05, 3.63) is 176 Å². The van der Waals surface area contributed by atoms with Gasteiger partial charge in [-0.1, -0.05) is 133 Å². The van der Waals surface area contributed by atoms with E-state index in [1.165, 1.54) is 32.9 Å². The van der Waals surface area contributed by atoms with Crippen LogP contribution < -0.4 is 0 Å². The van der Waals surface area contributed by atoms with Gasteiger partial charge >= 0.3 is 0 Å². The van der Waals surface area contributed by atoms with Crippen LogP contribution >= 0.6 is 0 Å². The van der Waals surface area contributed by atoms with Crippen molar-refractivity contribution in [1.29, 1.82) is 0 Å². The van der Waals surface area contributed by atoms with Crippen LogP contribution in [0.15, 0.2) is 180 Å². The maximum atomic E-state index is 6.63. The van der Waals surface area contributed by atoms with Gasteiger partial charge in [-0.25, -0.2) is 9.97 Å². The summed E-state index contributed by atoms with van der Waals surface area (Å²) in [5, 5.41) is 3.44. The highest BCUT2D eigenvalue weighted by atomic mass is 16.3. The van der Waals surface area contributed by atoms with Gasteiger partial charge in [0.1, 0.15) is 16.8 Å². The normalized spacial score (nSPS) is 11.6. The van der Waals surface area contributed by atoms with Crippen molar-refractivity contribution < 1.29 is 4.42 Å². The average molecular weight is 640 g/mol. The van der Waals surface area contributed by atoms with E-state index in [1.807, 2.05) is 48.5 Å². The lowest BCUT2D eigenvalue weighted by molar-refractivity contribution is 0.667. The predicted molar refractivity (Wildman–Crippen MR) is 205 cm³/mol. The van der Waals surface area contributed by atoms with Crippen LogP contribution in [0.4, 0.5) is 0 Å². The second kappa shape index (κ2) is 11.4. The fourth-order valence-electron chi connectivity index (χ4n) is 7.22. The van der Waals surface area contributed by atoms with Crippen molar-refractivity contribution in [1.82, 2.24) is 14.5 Å². The van der Waals surface area contributed by atoms with E-state index in [-0.39, 0.29) is 0 Å². The van der Waals surface area contributed by atoms with Crippen LogP contribution in [0.25, 0.3) is 94.5 Å². The summed E-state index contributed by atoms with van der Waals surface area (Å²) in [6.07, 6.45) is 0. The molecule has 7 aromatic carbocycles. The van der Waals surface area contributed by atoms with Crippen LogP contribution in [0.2, 0.25) is 0 Å². The fourth-order valence-corrected chi connectivity index (χ4v) is 7.22. The maximum Gasteiger partial charge on any atom is 0.180 e. The van der Waals surface area contributed by atoms with Gasteiger partial charge in [0.2, 0.25) is 0 Å².